The molecular formula is C19H22N2O3S2. The summed E-state index contributed by atoms with van der Waals surface area (Å²) in [5.74, 6) is 0.780. The van der Waals surface area contributed by atoms with Crippen LogP contribution in [0, 0.1) is 6.92 Å². The number of hydrogen-bond acceptors (Lipinski definition) is 7. The van der Waals surface area contributed by atoms with Gasteiger partial charge in [-0.25, -0.2) is 4.98 Å². The van der Waals surface area contributed by atoms with Crippen LogP contribution in [0.5, 0.6) is 0 Å². The molecule has 3 aromatic rings. The number of rotatable bonds is 7. The maximum Gasteiger partial charge on any atom is 0.129 e. The maximum absolute atomic E-state index is 10.3. The summed E-state index contributed by atoms with van der Waals surface area (Å²) in [7, 11) is 0. The number of aryl methyl sites for hydroxylation is 1. The van der Waals surface area contributed by atoms with E-state index in [1.54, 1.807) is 17.6 Å². The molecule has 0 spiro atoms. The minimum Gasteiger partial charge on any atom is -0.467 e. The van der Waals surface area contributed by atoms with Crippen molar-refractivity contribution in [1.29, 1.82) is 0 Å². The predicted octanol–water partition coefficient (Wildman–Crippen LogP) is 3.71. The molecule has 0 saturated carbocycles. The Balaban J connectivity index is 1.29. The second-order valence-corrected chi connectivity index (χ2v) is 8.74. The molecule has 5 nitrogen and oxygen atoms in total. The van der Waals surface area contributed by atoms with Gasteiger partial charge >= 0.3 is 0 Å². The zero-order valence-corrected chi connectivity index (χ0v) is 16.3. The third-order valence-electron chi connectivity index (χ3n) is 4.42. The van der Waals surface area contributed by atoms with Crippen molar-refractivity contribution in [2.75, 3.05) is 19.7 Å². The molecule has 4 rings (SSSR count). The van der Waals surface area contributed by atoms with Crippen LogP contribution in [-0.2, 0) is 24.3 Å². The molecular weight excluding hydrogens is 368 g/mol. The number of furan rings is 1. The Morgan fingerprint density at radius 1 is 1.46 bits per heavy atom. The molecule has 1 aliphatic heterocycles. The molecule has 1 aliphatic rings. The van der Waals surface area contributed by atoms with Crippen LogP contribution < -0.4 is 0 Å². The predicted molar refractivity (Wildman–Crippen MR) is 104 cm³/mol. The largest absolute Gasteiger partial charge is 0.467 e. The average Bonchev–Trinajstić information content (AvgIpc) is 3.34. The number of aromatic nitrogens is 1. The van der Waals surface area contributed by atoms with Gasteiger partial charge in [0.25, 0.3) is 0 Å². The summed E-state index contributed by atoms with van der Waals surface area (Å²) in [6.07, 6.45) is 2.16. The van der Waals surface area contributed by atoms with Crippen molar-refractivity contribution in [1.82, 2.24) is 9.88 Å². The van der Waals surface area contributed by atoms with E-state index in [9.17, 15) is 5.11 Å². The van der Waals surface area contributed by atoms with Crippen LogP contribution in [0.1, 0.15) is 21.2 Å². The fraction of sp³-hybridized carbons (Fsp3) is 0.421. The molecule has 0 aromatic carbocycles. The van der Waals surface area contributed by atoms with Crippen LogP contribution in [0.3, 0.4) is 0 Å². The first-order valence-corrected chi connectivity index (χ1v) is 10.4. The van der Waals surface area contributed by atoms with Crippen molar-refractivity contribution in [3.8, 4) is 10.6 Å². The smallest absolute Gasteiger partial charge is 0.129 e. The summed E-state index contributed by atoms with van der Waals surface area (Å²) in [5.41, 5.74) is 2.45. The van der Waals surface area contributed by atoms with Crippen LogP contribution in [0.2, 0.25) is 0 Å². The van der Waals surface area contributed by atoms with Crippen molar-refractivity contribution in [3.63, 3.8) is 0 Å². The molecule has 26 heavy (non-hydrogen) atoms. The van der Waals surface area contributed by atoms with Crippen molar-refractivity contribution in [2.24, 2.45) is 0 Å². The van der Waals surface area contributed by atoms with Gasteiger partial charge in [0.2, 0.25) is 0 Å². The molecule has 1 atom stereocenters. The summed E-state index contributed by atoms with van der Waals surface area (Å²) in [5, 5.41) is 13.5. The van der Waals surface area contributed by atoms with Gasteiger partial charge in [-0.05, 0) is 37.1 Å². The SMILES string of the molecule is Cc1nc(-c2cc3c(s2)CCN(CC(O)COCc2ccco2)C3)cs1. The second kappa shape index (κ2) is 8.02. The van der Waals surface area contributed by atoms with Crippen LogP contribution in [0.15, 0.2) is 34.3 Å². The highest BCUT2D eigenvalue weighted by Gasteiger charge is 2.22. The third-order valence-corrected chi connectivity index (χ3v) is 6.45. The van der Waals surface area contributed by atoms with Gasteiger partial charge in [-0.15, -0.1) is 22.7 Å². The average molecular weight is 391 g/mol. The fourth-order valence-corrected chi connectivity index (χ4v) is 5.00. The van der Waals surface area contributed by atoms with E-state index < -0.39 is 6.10 Å². The molecule has 0 fully saturated rings. The van der Waals surface area contributed by atoms with Crippen molar-refractivity contribution in [2.45, 2.75) is 32.6 Å². The topological polar surface area (TPSA) is 58.7 Å². The van der Waals surface area contributed by atoms with E-state index in [0.29, 0.717) is 19.8 Å². The fourth-order valence-electron chi connectivity index (χ4n) is 3.19. The van der Waals surface area contributed by atoms with Crippen molar-refractivity contribution >= 4 is 22.7 Å². The standard InChI is InChI=1S/C19H22N2O3S2/c1-13-20-17(12-25-13)19-7-14-8-21(5-4-18(14)26-19)9-15(22)10-23-11-16-3-2-6-24-16/h2-3,6-7,12,15,22H,4-5,8-11H2,1H3. The summed E-state index contributed by atoms with van der Waals surface area (Å²) >= 11 is 3.55. The van der Waals surface area contributed by atoms with Gasteiger partial charge in [-0.1, -0.05) is 0 Å². The highest BCUT2D eigenvalue weighted by atomic mass is 32.1. The van der Waals surface area contributed by atoms with E-state index in [1.807, 2.05) is 30.4 Å². The summed E-state index contributed by atoms with van der Waals surface area (Å²) in [6.45, 7) is 5.23. The van der Waals surface area contributed by atoms with Gasteiger partial charge in [0.1, 0.15) is 12.4 Å². The normalized spacial score (nSPS) is 15.9. The van der Waals surface area contributed by atoms with E-state index in [0.717, 1.165) is 36.0 Å². The minimum atomic E-state index is -0.495. The lowest BCUT2D eigenvalue weighted by Gasteiger charge is -2.28. The van der Waals surface area contributed by atoms with E-state index in [4.69, 9.17) is 9.15 Å². The molecule has 0 aliphatic carbocycles. The second-order valence-electron chi connectivity index (χ2n) is 6.54. The molecule has 138 valence electrons. The van der Waals surface area contributed by atoms with Gasteiger partial charge in [-0.3, -0.25) is 4.90 Å². The number of thiazole rings is 1. The van der Waals surface area contributed by atoms with Crippen molar-refractivity contribution < 1.29 is 14.3 Å². The number of aliphatic hydroxyl groups is 1. The molecule has 1 unspecified atom stereocenters. The van der Waals surface area contributed by atoms with E-state index >= 15 is 0 Å². The van der Waals surface area contributed by atoms with Gasteiger partial charge in [0, 0.05) is 29.9 Å². The number of ether oxygens (including phenoxy) is 1. The lowest BCUT2D eigenvalue weighted by atomic mass is 10.1. The number of fused-ring (bicyclic) bond motifs is 1. The molecule has 0 amide bonds. The first-order valence-electron chi connectivity index (χ1n) is 8.72. The number of aliphatic hydroxyl groups excluding tert-OH is 1. The van der Waals surface area contributed by atoms with Gasteiger partial charge in [-0.2, -0.15) is 0 Å². The Labute approximate surface area is 160 Å². The highest BCUT2D eigenvalue weighted by Crippen LogP contribution is 2.35. The lowest BCUT2D eigenvalue weighted by Crippen LogP contribution is -2.37. The van der Waals surface area contributed by atoms with Crippen LogP contribution in [0.4, 0.5) is 0 Å². The molecule has 4 heterocycles. The number of thiophene rings is 1. The Morgan fingerprint density at radius 2 is 2.38 bits per heavy atom. The number of hydrogen-bond donors (Lipinski definition) is 1. The van der Waals surface area contributed by atoms with E-state index in [1.165, 1.54) is 15.3 Å². The van der Waals surface area contributed by atoms with Crippen LogP contribution in [-0.4, -0.2) is 40.8 Å². The monoisotopic (exact) mass is 390 g/mol. The Bertz CT molecular complexity index is 841. The third kappa shape index (κ3) is 4.24. The minimum absolute atomic E-state index is 0.317. The molecule has 0 radical (unpaired) electrons. The molecule has 7 heteroatoms. The summed E-state index contributed by atoms with van der Waals surface area (Å²) < 4.78 is 10.8. The highest BCUT2D eigenvalue weighted by molar-refractivity contribution is 7.16. The Morgan fingerprint density at radius 3 is 3.15 bits per heavy atom. The number of β-amino-alcohol motifs (C(OH)–C–C–N with tert-alkyl or cyclic N) is 1. The summed E-state index contributed by atoms with van der Waals surface area (Å²) in [4.78, 5) is 9.60. The van der Waals surface area contributed by atoms with E-state index in [-0.39, 0.29) is 0 Å². The zero-order chi connectivity index (χ0) is 17.9. The Kier molecular flexibility index (Phi) is 5.52. The van der Waals surface area contributed by atoms with Crippen LogP contribution >= 0.6 is 22.7 Å². The quantitative estimate of drug-likeness (QED) is 0.666. The Hall–Kier alpha value is -1.51. The van der Waals surface area contributed by atoms with Gasteiger partial charge in [0.15, 0.2) is 0 Å². The first kappa shape index (κ1) is 17.9. The molecule has 1 N–H and O–H groups in total. The zero-order valence-electron chi connectivity index (χ0n) is 14.7. The first-order chi connectivity index (χ1) is 12.7. The maximum atomic E-state index is 10.3. The van der Waals surface area contributed by atoms with E-state index in [2.05, 4.69) is 21.3 Å². The molecule has 3 aromatic heterocycles. The van der Waals surface area contributed by atoms with Crippen molar-refractivity contribution in [3.05, 3.63) is 51.1 Å². The van der Waals surface area contributed by atoms with Crippen LogP contribution in [0.25, 0.3) is 10.6 Å². The molecule has 0 saturated heterocycles. The van der Waals surface area contributed by atoms with Gasteiger partial charge in [0.05, 0.1) is 34.6 Å². The van der Waals surface area contributed by atoms with Gasteiger partial charge < -0.3 is 14.3 Å². The number of nitrogens with zero attached hydrogens (tertiary/aromatic N) is 2. The molecule has 0 bridgehead atoms. The lowest BCUT2D eigenvalue weighted by molar-refractivity contribution is 0.00321. The summed E-state index contributed by atoms with van der Waals surface area (Å²) in [6, 6.07) is 5.97.